The number of carbonyl (C=O) groups is 2. The SMILES string of the molecule is NC(=O)COc1ccccc1C(=O)N1CCN(c2ccccn2)CC1. The predicted molar refractivity (Wildman–Crippen MR) is 93.5 cm³/mol. The average molecular weight is 340 g/mol. The van der Waals surface area contributed by atoms with Gasteiger partial charge >= 0.3 is 0 Å². The van der Waals surface area contributed by atoms with Crippen LogP contribution in [0, 0.1) is 0 Å². The fourth-order valence-electron chi connectivity index (χ4n) is 2.77. The van der Waals surface area contributed by atoms with Crippen LogP contribution < -0.4 is 15.4 Å². The van der Waals surface area contributed by atoms with Gasteiger partial charge in [-0.1, -0.05) is 18.2 Å². The van der Waals surface area contributed by atoms with Gasteiger partial charge in [0.05, 0.1) is 5.56 Å². The number of primary amides is 1. The maximum Gasteiger partial charge on any atom is 0.257 e. The highest BCUT2D eigenvalue weighted by atomic mass is 16.5. The van der Waals surface area contributed by atoms with Gasteiger partial charge in [-0.25, -0.2) is 4.98 Å². The lowest BCUT2D eigenvalue weighted by Crippen LogP contribution is -2.49. The summed E-state index contributed by atoms with van der Waals surface area (Å²) in [6, 6.07) is 12.7. The molecule has 0 bridgehead atoms. The van der Waals surface area contributed by atoms with Crippen LogP contribution in [0.1, 0.15) is 10.4 Å². The number of benzene rings is 1. The molecule has 2 N–H and O–H groups in total. The first-order valence-corrected chi connectivity index (χ1v) is 8.10. The molecule has 0 atom stereocenters. The Labute approximate surface area is 146 Å². The molecule has 1 fully saturated rings. The van der Waals surface area contributed by atoms with Crippen LogP contribution in [0.5, 0.6) is 5.75 Å². The molecule has 1 aromatic carbocycles. The molecule has 0 aliphatic carbocycles. The third-order valence-electron chi connectivity index (χ3n) is 4.03. The number of nitrogens with two attached hydrogens (primary N) is 1. The zero-order valence-electron chi connectivity index (χ0n) is 13.8. The van der Waals surface area contributed by atoms with E-state index >= 15 is 0 Å². The van der Waals surface area contributed by atoms with E-state index < -0.39 is 5.91 Å². The lowest BCUT2D eigenvalue weighted by Gasteiger charge is -2.35. The van der Waals surface area contributed by atoms with E-state index in [0.29, 0.717) is 37.5 Å². The minimum absolute atomic E-state index is 0.110. The fraction of sp³-hybridized carbons (Fsp3) is 0.278. The van der Waals surface area contributed by atoms with Crippen LogP contribution in [0.2, 0.25) is 0 Å². The molecule has 7 heteroatoms. The molecule has 7 nitrogen and oxygen atoms in total. The number of hydrogen-bond donors (Lipinski definition) is 1. The first-order chi connectivity index (χ1) is 12.1. The third kappa shape index (κ3) is 4.06. The van der Waals surface area contributed by atoms with Crippen molar-refractivity contribution in [3.05, 3.63) is 54.2 Å². The highest BCUT2D eigenvalue weighted by Gasteiger charge is 2.24. The summed E-state index contributed by atoms with van der Waals surface area (Å²) >= 11 is 0. The summed E-state index contributed by atoms with van der Waals surface area (Å²) < 4.78 is 5.36. The molecule has 1 aliphatic rings. The van der Waals surface area contributed by atoms with E-state index in [4.69, 9.17) is 10.5 Å². The van der Waals surface area contributed by atoms with Gasteiger partial charge in [0.25, 0.3) is 11.8 Å². The molecule has 0 radical (unpaired) electrons. The number of carbonyl (C=O) groups excluding carboxylic acids is 2. The summed E-state index contributed by atoms with van der Waals surface area (Å²) in [7, 11) is 0. The lowest BCUT2D eigenvalue weighted by atomic mass is 10.1. The van der Waals surface area contributed by atoms with Gasteiger partial charge in [0.15, 0.2) is 6.61 Å². The number of ether oxygens (including phenoxy) is 1. The van der Waals surface area contributed by atoms with Gasteiger partial charge in [-0.15, -0.1) is 0 Å². The minimum atomic E-state index is -0.578. The zero-order chi connectivity index (χ0) is 17.6. The van der Waals surface area contributed by atoms with E-state index in [1.54, 1.807) is 35.4 Å². The number of aromatic nitrogens is 1. The van der Waals surface area contributed by atoms with Gasteiger partial charge in [0.2, 0.25) is 0 Å². The van der Waals surface area contributed by atoms with Crippen molar-refractivity contribution in [3.63, 3.8) is 0 Å². The Morgan fingerprint density at radius 3 is 2.44 bits per heavy atom. The number of anilines is 1. The van der Waals surface area contributed by atoms with Gasteiger partial charge in [0.1, 0.15) is 11.6 Å². The molecule has 2 amide bonds. The van der Waals surface area contributed by atoms with Crippen LogP contribution in [-0.4, -0.2) is 54.5 Å². The Hall–Kier alpha value is -3.09. The highest BCUT2D eigenvalue weighted by Crippen LogP contribution is 2.21. The molecule has 0 spiro atoms. The van der Waals surface area contributed by atoms with Crippen LogP contribution in [-0.2, 0) is 4.79 Å². The number of amides is 2. The van der Waals surface area contributed by atoms with Crippen LogP contribution in [0.3, 0.4) is 0 Å². The summed E-state index contributed by atoms with van der Waals surface area (Å²) in [6.07, 6.45) is 1.76. The fourth-order valence-corrected chi connectivity index (χ4v) is 2.77. The van der Waals surface area contributed by atoms with Crippen molar-refractivity contribution >= 4 is 17.6 Å². The van der Waals surface area contributed by atoms with Crippen molar-refractivity contribution in [3.8, 4) is 5.75 Å². The molecule has 1 aromatic heterocycles. The molecule has 1 saturated heterocycles. The average Bonchev–Trinajstić information content (AvgIpc) is 2.67. The molecule has 1 aliphatic heterocycles. The monoisotopic (exact) mass is 340 g/mol. The van der Waals surface area contributed by atoms with Crippen molar-refractivity contribution in [2.24, 2.45) is 5.73 Å². The summed E-state index contributed by atoms with van der Waals surface area (Å²) in [6.45, 7) is 2.37. The third-order valence-corrected chi connectivity index (χ3v) is 4.03. The second-order valence-corrected chi connectivity index (χ2v) is 5.72. The maximum atomic E-state index is 12.8. The molecule has 25 heavy (non-hydrogen) atoms. The van der Waals surface area contributed by atoms with Crippen LogP contribution in [0.15, 0.2) is 48.7 Å². The second kappa shape index (κ2) is 7.65. The number of rotatable bonds is 5. The molecule has 130 valence electrons. The van der Waals surface area contributed by atoms with Crippen LogP contribution in [0.25, 0.3) is 0 Å². The smallest absolute Gasteiger partial charge is 0.257 e. The van der Waals surface area contributed by atoms with E-state index in [0.717, 1.165) is 5.82 Å². The maximum absolute atomic E-state index is 12.8. The van der Waals surface area contributed by atoms with Crippen molar-refractivity contribution in [1.82, 2.24) is 9.88 Å². The molecule has 2 heterocycles. The molecule has 0 unspecified atom stereocenters. The topological polar surface area (TPSA) is 88.8 Å². The Morgan fingerprint density at radius 1 is 1.04 bits per heavy atom. The van der Waals surface area contributed by atoms with Crippen LogP contribution in [0.4, 0.5) is 5.82 Å². The Morgan fingerprint density at radius 2 is 1.76 bits per heavy atom. The van der Waals surface area contributed by atoms with E-state index in [2.05, 4.69) is 9.88 Å². The van der Waals surface area contributed by atoms with E-state index in [1.807, 2.05) is 18.2 Å². The van der Waals surface area contributed by atoms with Crippen LogP contribution >= 0.6 is 0 Å². The molecule has 2 aromatic rings. The van der Waals surface area contributed by atoms with Gasteiger partial charge in [-0.3, -0.25) is 9.59 Å². The predicted octanol–water partition coefficient (Wildman–Crippen LogP) is 0.908. The van der Waals surface area contributed by atoms with Gasteiger partial charge in [-0.05, 0) is 24.3 Å². The van der Waals surface area contributed by atoms with Crippen molar-refractivity contribution < 1.29 is 14.3 Å². The quantitative estimate of drug-likeness (QED) is 0.874. The summed E-state index contributed by atoms with van der Waals surface area (Å²) in [5.41, 5.74) is 5.55. The zero-order valence-corrected chi connectivity index (χ0v) is 13.8. The Kier molecular flexibility index (Phi) is 5.13. The number of hydrogen-bond acceptors (Lipinski definition) is 5. The Bertz CT molecular complexity index is 743. The number of para-hydroxylation sites is 1. The van der Waals surface area contributed by atoms with Gasteiger partial charge in [0, 0.05) is 32.4 Å². The summed E-state index contributed by atoms with van der Waals surface area (Å²) in [5, 5.41) is 0. The normalized spacial score (nSPS) is 14.2. The van der Waals surface area contributed by atoms with E-state index in [-0.39, 0.29) is 12.5 Å². The largest absolute Gasteiger partial charge is 0.483 e. The number of piperazine rings is 1. The minimum Gasteiger partial charge on any atom is -0.483 e. The summed E-state index contributed by atoms with van der Waals surface area (Å²) in [5.74, 6) is 0.602. The second-order valence-electron chi connectivity index (χ2n) is 5.72. The van der Waals surface area contributed by atoms with Gasteiger partial charge in [-0.2, -0.15) is 0 Å². The number of nitrogens with zero attached hydrogens (tertiary/aromatic N) is 3. The Balaban J connectivity index is 1.66. The first kappa shape index (κ1) is 16.8. The molecule has 3 rings (SSSR count). The standard InChI is InChI=1S/C18H20N4O3/c19-16(23)13-25-15-6-2-1-5-14(15)18(24)22-11-9-21(10-12-22)17-7-3-4-8-20-17/h1-8H,9-13H2,(H2,19,23). The summed E-state index contributed by atoms with van der Waals surface area (Å²) in [4.78, 5) is 32.0. The lowest BCUT2D eigenvalue weighted by molar-refractivity contribution is -0.119. The first-order valence-electron chi connectivity index (χ1n) is 8.10. The van der Waals surface area contributed by atoms with E-state index in [9.17, 15) is 9.59 Å². The molecular weight excluding hydrogens is 320 g/mol. The van der Waals surface area contributed by atoms with E-state index in [1.165, 1.54) is 0 Å². The highest BCUT2D eigenvalue weighted by molar-refractivity contribution is 5.97. The molecule has 0 saturated carbocycles. The van der Waals surface area contributed by atoms with Gasteiger partial charge < -0.3 is 20.3 Å². The van der Waals surface area contributed by atoms with Crippen molar-refractivity contribution in [2.45, 2.75) is 0 Å². The number of pyridine rings is 1. The molecular formula is C18H20N4O3. The van der Waals surface area contributed by atoms with Crippen molar-refractivity contribution in [1.29, 1.82) is 0 Å². The van der Waals surface area contributed by atoms with Crippen molar-refractivity contribution in [2.75, 3.05) is 37.7 Å².